The molecule has 0 fully saturated rings. The van der Waals surface area contributed by atoms with Gasteiger partial charge in [-0.25, -0.2) is 4.98 Å². The van der Waals surface area contributed by atoms with Gasteiger partial charge in [0.05, 0.1) is 0 Å². The minimum absolute atomic E-state index is 0.230. The number of nitrogens with one attached hydrogen (secondary N) is 1. The number of hydrogen-bond donors (Lipinski definition) is 1. The second-order valence-electron chi connectivity index (χ2n) is 6.75. The van der Waals surface area contributed by atoms with E-state index < -0.39 is 0 Å². The summed E-state index contributed by atoms with van der Waals surface area (Å²) in [6.45, 7) is 0.365. The minimum atomic E-state index is -0.230. The largest absolute Gasteiger partial charge is 0.485 e. The molecular formula is C25H21N3O2S. The van der Waals surface area contributed by atoms with Crippen LogP contribution in [0.15, 0.2) is 102 Å². The molecule has 0 aliphatic carbocycles. The Kier molecular flexibility index (Phi) is 6.92. The molecule has 0 aliphatic rings. The van der Waals surface area contributed by atoms with Crippen LogP contribution in [-0.2, 0) is 12.4 Å². The summed E-state index contributed by atoms with van der Waals surface area (Å²) in [6.07, 6.45) is 5.05. The molecular weight excluding hydrogens is 406 g/mol. The van der Waals surface area contributed by atoms with Crippen molar-refractivity contribution in [1.82, 2.24) is 9.97 Å². The molecule has 31 heavy (non-hydrogen) atoms. The molecule has 0 unspecified atom stereocenters. The first kappa shape index (κ1) is 20.6. The molecule has 0 atom stereocenters. The fourth-order valence-electron chi connectivity index (χ4n) is 2.86. The first-order valence-electron chi connectivity index (χ1n) is 9.83. The molecule has 2 aromatic heterocycles. The number of hydrogen-bond acceptors (Lipinski definition) is 5. The standard InChI is InChI=1S/C25H21N3O2S/c29-25(21-8-10-22(11-9-21)31-18-20-5-2-1-3-6-20)28-24-23(7-4-14-27-24)30-17-19-12-15-26-16-13-19/h1-16H,17-18H2,(H,27,28,29). The number of pyridine rings is 2. The van der Waals surface area contributed by atoms with E-state index >= 15 is 0 Å². The molecule has 1 amide bonds. The Morgan fingerprint density at radius 1 is 0.839 bits per heavy atom. The van der Waals surface area contributed by atoms with Crippen LogP contribution < -0.4 is 10.1 Å². The number of rotatable bonds is 8. The van der Waals surface area contributed by atoms with Crippen LogP contribution in [-0.4, -0.2) is 15.9 Å². The van der Waals surface area contributed by atoms with Crippen molar-refractivity contribution in [2.75, 3.05) is 5.32 Å². The minimum Gasteiger partial charge on any atom is -0.485 e. The van der Waals surface area contributed by atoms with E-state index in [9.17, 15) is 4.79 Å². The molecule has 2 heterocycles. The zero-order valence-electron chi connectivity index (χ0n) is 16.8. The first-order valence-corrected chi connectivity index (χ1v) is 10.8. The summed E-state index contributed by atoms with van der Waals surface area (Å²) in [5.41, 5.74) is 2.82. The third kappa shape index (κ3) is 5.93. The van der Waals surface area contributed by atoms with Crippen molar-refractivity contribution in [3.05, 3.63) is 114 Å². The monoisotopic (exact) mass is 427 g/mol. The van der Waals surface area contributed by atoms with Crippen molar-refractivity contribution >= 4 is 23.5 Å². The summed E-state index contributed by atoms with van der Waals surface area (Å²) in [4.78, 5) is 22.1. The maximum absolute atomic E-state index is 12.7. The number of anilines is 1. The highest BCUT2D eigenvalue weighted by Gasteiger charge is 2.11. The summed E-state index contributed by atoms with van der Waals surface area (Å²) < 4.78 is 5.84. The molecule has 4 aromatic rings. The van der Waals surface area contributed by atoms with Gasteiger partial charge in [-0.05, 0) is 59.7 Å². The molecule has 0 radical (unpaired) electrons. The van der Waals surface area contributed by atoms with Crippen LogP contribution in [0.3, 0.4) is 0 Å². The number of amides is 1. The number of aromatic nitrogens is 2. The molecule has 5 nitrogen and oxygen atoms in total. The number of benzene rings is 2. The number of nitrogens with zero attached hydrogens (tertiary/aromatic N) is 2. The van der Waals surface area contributed by atoms with Crippen LogP contribution in [0.1, 0.15) is 21.5 Å². The third-order valence-electron chi connectivity index (χ3n) is 4.51. The average molecular weight is 428 g/mol. The van der Waals surface area contributed by atoms with Gasteiger partial charge in [-0.15, -0.1) is 11.8 Å². The quantitative estimate of drug-likeness (QED) is 0.371. The molecule has 0 saturated heterocycles. The van der Waals surface area contributed by atoms with E-state index in [1.54, 1.807) is 42.5 Å². The van der Waals surface area contributed by atoms with Gasteiger partial charge in [0.2, 0.25) is 0 Å². The summed E-state index contributed by atoms with van der Waals surface area (Å²) in [5, 5.41) is 2.85. The van der Waals surface area contributed by atoms with Crippen molar-refractivity contribution in [1.29, 1.82) is 0 Å². The highest BCUT2D eigenvalue weighted by atomic mass is 32.2. The molecule has 0 aliphatic heterocycles. The van der Waals surface area contributed by atoms with Gasteiger partial charge in [-0.2, -0.15) is 0 Å². The van der Waals surface area contributed by atoms with Gasteiger partial charge in [-0.3, -0.25) is 9.78 Å². The van der Waals surface area contributed by atoms with Crippen LogP contribution in [0, 0.1) is 0 Å². The van der Waals surface area contributed by atoms with E-state index in [1.807, 2.05) is 54.6 Å². The van der Waals surface area contributed by atoms with E-state index in [2.05, 4.69) is 27.4 Å². The Labute approximate surface area is 185 Å². The normalized spacial score (nSPS) is 10.5. The van der Waals surface area contributed by atoms with Crippen molar-refractivity contribution in [3.8, 4) is 5.75 Å². The number of thioether (sulfide) groups is 1. The summed E-state index contributed by atoms with van der Waals surface area (Å²) >= 11 is 1.74. The van der Waals surface area contributed by atoms with Crippen LogP contribution >= 0.6 is 11.8 Å². The van der Waals surface area contributed by atoms with Gasteiger partial charge < -0.3 is 10.1 Å². The average Bonchev–Trinajstić information content (AvgIpc) is 2.84. The van der Waals surface area contributed by atoms with Gasteiger partial charge in [-0.1, -0.05) is 30.3 Å². The zero-order valence-corrected chi connectivity index (χ0v) is 17.6. The van der Waals surface area contributed by atoms with E-state index in [0.717, 1.165) is 16.2 Å². The van der Waals surface area contributed by atoms with Crippen LogP contribution in [0.4, 0.5) is 5.82 Å². The van der Waals surface area contributed by atoms with Crippen molar-refractivity contribution in [2.24, 2.45) is 0 Å². The third-order valence-corrected chi connectivity index (χ3v) is 5.59. The van der Waals surface area contributed by atoms with Gasteiger partial charge in [0, 0.05) is 34.8 Å². The van der Waals surface area contributed by atoms with Crippen molar-refractivity contribution < 1.29 is 9.53 Å². The zero-order chi connectivity index (χ0) is 21.3. The fraction of sp³-hybridized carbons (Fsp3) is 0.0800. The fourth-order valence-corrected chi connectivity index (χ4v) is 3.72. The molecule has 4 rings (SSSR count). The SMILES string of the molecule is O=C(Nc1ncccc1OCc1ccncc1)c1ccc(SCc2ccccc2)cc1. The van der Waals surface area contributed by atoms with Gasteiger partial charge in [0.15, 0.2) is 11.6 Å². The van der Waals surface area contributed by atoms with E-state index in [4.69, 9.17) is 4.74 Å². The smallest absolute Gasteiger partial charge is 0.256 e. The molecule has 6 heteroatoms. The maximum Gasteiger partial charge on any atom is 0.256 e. The Bertz CT molecular complexity index is 1120. The topological polar surface area (TPSA) is 64.1 Å². The van der Waals surface area contributed by atoms with E-state index in [-0.39, 0.29) is 5.91 Å². The summed E-state index contributed by atoms with van der Waals surface area (Å²) in [6, 6.07) is 25.2. The second kappa shape index (κ2) is 10.4. The molecule has 1 N–H and O–H groups in total. The highest BCUT2D eigenvalue weighted by Crippen LogP contribution is 2.25. The Morgan fingerprint density at radius 3 is 2.39 bits per heavy atom. The molecule has 0 spiro atoms. The van der Waals surface area contributed by atoms with Crippen LogP contribution in [0.25, 0.3) is 0 Å². The predicted octanol–water partition coefficient (Wildman–Crippen LogP) is 5.60. The predicted molar refractivity (Wildman–Crippen MR) is 123 cm³/mol. The summed E-state index contributed by atoms with van der Waals surface area (Å²) in [5.74, 6) is 1.57. The Morgan fingerprint density at radius 2 is 1.61 bits per heavy atom. The van der Waals surface area contributed by atoms with Gasteiger partial charge in [0.1, 0.15) is 6.61 Å². The maximum atomic E-state index is 12.7. The Balaban J connectivity index is 1.37. The van der Waals surface area contributed by atoms with E-state index in [0.29, 0.717) is 23.7 Å². The van der Waals surface area contributed by atoms with Gasteiger partial charge >= 0.3 is 0 Å². The summed E-state index contributed by atoms with van der Waals surface area (Å²) in [7, 11) is 0. The second-order valence-corrected chi connectivity index (χ2v) is 7.80. The van der Waals surface area contributed by atoms with Crippen LogP contribution in [0.5, 0.6) is 5.75 Å². The number of carbonyl (C=O) groups excluding carboxylic acids is 1. The first-order chi connectivity index (χ1) is 15.3. The van der Waals surface area contributed by atoms with Crippen molar-refractivity contribution in [2.45, 2.75) is 17.3 Å². The molecule has 0 bridgehead atoms. The van der Waals surface area contributed by atoms with Gasteiger partial charge in [0.25, 0.3) is 5.91 Å². The lowest BCUT2D eigenvalue weighted by Crippen LogP contribution is -2.14. The van der Waals surface area contributed by atoms with E-state index in [1.165, 1.54) is 5.56 Å². The van der Waals surface area contributed by atoms with Crippen molar-refractivity contribution in [3.63, 3.8) is 0 Å². The molecule has 0 saturated carbocycles. The lowest BCUT2D eigenvalue weighted by molar-refractivity contribution is 0.102. The van der Waals surface area contributed by atoms with Crippen LogP contribution in [0.2, 0.25) is 0 Å². The molecule has 154 valence electrons. The molecule has 2 aromatic carbocycles. The lowest BCUT2D eigenvalue weighted by Gasteiger charge is -2.11. The number of carbonyl (C=O) groups is 1. The lowest BCUT2D eigenvalue weighted by atomic mass is 10.2. The number of ether oxygens (including phenoxy) is 1. The highest BCUT2D eigenvalue weighted by molar-refractivity contribution is 7.98. The Hall–Kier alpha value is -3.64.